The van der Waals surface area contributed by atoms with Crippen LogP contribution < -0.4 is 0 Å². The third-order valence-corrected chi connectivity index (χ3v) is 7.25. The summed E-state index contributed by atoms with van der Waals surface area (Å²) in [5, 5.41) is 90.2. The SMILES string of the molecule is CC1OC(OCC2OC(OCCc3ccc(O)c(O)c3)C(OC(=O)C=Cc3ccc(O)c(O)c3)C(O)C2O)C(O)C(O)C1O. The molecule has 10 atom stereocenters. The standard InChI is InChI=1S/C29H36O15/c1-13-22(35)24(37)26(39)28(42-13)41-12-20-23(36)25(38)27(44-21(34)7-4-14-2-5-16(30)18(32)10-14)29(43-20)40-9-8-15-3-6-17(31)19(33)11-15/h2-7,10-11,13,20,22-33,35-39H,8-9,12H2,1H3. The van der Waals surface area contributed by atoms with Gasteiger partial charge >= 0.3 is 5.97 Å². The normalized spacial score (nSPS) is 32.5. The van der Waals surface area contributed by atoms with Crippen LogP contribution >= 0.6 is 0 Å². The van der Waals surface area contributed by atoms with Crippen LogP contribution in [0.1, 0.15) is 18.1 Å². The zero-order valence-electron chi connectivity index (χ0n) is 23.5. The van der Waals surface area contributed by atoms with Crippen molar-refractivity contribution < 1.29 is 74.4 Å². The Hall–Kier alpha value is -3.51. The number of ether oxygens (including phenoxy) is 5. The lowest BCUT2D eigenvalue weighted by molar-refractivity contribution is -0.328. The van der Waals surface area contributed by atoms with E-state index in [9.17, 15) is 50.8 Å². The van der Waals surface area contributed by atoms with Gasteiger partial charge in [0.25, 0.3) is 0 Å². The highest BCUT2D eigenvalue weighted by molar-refractivity contribution is 5.87. The minimum atomic E-state index is -1.75. The van der Waals surface area contributed by atoms with Crippen LogP contribution in [0.4, 0.5) is 0 Å². The maximum absolute atomic E-state index is 12.6. The fourth-order valence-electron chi connectivity index (χ4n) is 4.64. The molecule has 0 bridgehead atoms. The molecule has 2 aromatic carbocycles. The van der Waals surface area contributed by atoms with Crippen molar-refractivity contribution in [3.63, 3.8) is 0 Å². The Morgan fingerprint density at radius 1 is 0.773 bits per heavy atom. The van der Waals surface area contributed by atoms with Crippen molar-refractivity contribution >= 4 is 12.0 Å². The van der Waals surface area contributed by atoms with Crippen molar-refractivity contribution in [1.82, 2.24) is 0 Å². The number of phenols is 4. The van der Waals surface area contributed by atoms with Gasteiger partial charge in [-0.25, -0.2) is 4.79 Å². The number of carbonyl (C=O) groups is 1. The summed E-state index contributed by atoms with van der Waals surface area (Å²) in [4.78, 5) is 12.6. The predicted molar refractivity (Wildman–Crippen MR) is 147 cm³/mol. The van der Waals surface area contributed by atoms with E-state index >= 15 is 0 Å². The Kier molecular flexibility index (Phi) is 11.0. The molecule has 15 nitrogen and oxygen atoms in total. The van der Waals surface area contributed by atoms with Crippen LogP contribution in [-0.2, 0) is 34.9 Å². The summed E-state index contributed by atoms with van der Waals surface area (Å²) in [7, 11) is 0. The number of aliphatic hydroxyl groups is 5. The lowest BCUT2D eigenvalue weighted by Crippen LogP contribution is -2.62. The average molecular weight is 625 g/mol. The van der Waals surface area contributed by atoms with Gasteiger partial charge in [-0.15, -0.1) is 0 Å². The van der Waals surface area contributed by atoms with Gasteiger partial charge in [-0.2, -0.15) is 0 Å². The number of carbonyl (C=O) groups excluding carboxylic acids is 1. The van der Waals surface area contributed by atoms with Crippen molar-refractivity contribution in [3.8, 4) is 23.0 Å². The summed E-state index contributed by atoms with van der Waals surface area (Å²) < 4.78 is 27.8. The van der Waals surface area contributed by atoms with E-state index in [1.165, 1.54) is 43.3 Å². The molecule has 2 fully saturated rings. The first-order valence-electron chi connectivity index (χ1n) is 13.7. The Labute approximate surface area is 251 Å². The summed E-state index contributed by atoms with van der Waals surface area (Å²) >= 11 is 0. The molecule has 2 aliphatic rings. The Morgan fingerprint density at radius 2 is 1.45 bits per heavy atom. The molecule has 2 aromatic rings. The minimum Gasteiger partial charge on any atom is -0.504 e. The molecule has 2 saturated heterocycles. The van der Waals surface area contributed by atoms with E-state index in [0.29, 0.717) is 11.1 Å². The van der Waals surface area contributed by atoms with E-state index in [4.69, 9.17) is 23.7 Å². The summed E-state index contributed by atoms with van der Waals surface area (Å²) in [6, 6.07) is 8.00. The van der Waals surface area contributed by atoms with Gasteiger partial charge < -0.3 is 69.6 Å². The summed E-state index contributed by atoms with van der Waals surface area (Å²) in [5.41, 5.74) is 0.919. The monoisotopic (exact) mass is 624 g/mol. The minimum absolute atomic E-state index is 0.0893. The lowest BCUT2D eigenvalue weighted by Gasteiger charge is -2.43. The first-order valence-corrected chi connectivity index (χ1v) is 13.7. The van der Waals surface area contributed by atoms with Crippen LogP contribution in [0.3, 0.4) is 0 Å². The van der Waals surface area contributed by atoms with Gasteiger partial charge in [-0.1, -0.05) is 12.1 Å². The van der Waals surface area contributed by atoms with Gasteiger partial charge in [0.2, 0.25) is 0 Å². The van der Waals surface area contributed by atoms with Gasteiger partial charge in [0, 0.05) is 6.08 Å². The second kappa shape index (κ2) is 14.5. The molecule has 44 heavy (non-hydrogen) atoms. The number of hydrogen-bond acceptors (Lipinski definition) is 15. The lowest BCUT2D eigenvalue weighted by atomic mass is 9.98. The quantitative estimate of drug-likeness (QED) is 0.0873. The molecule has 0 saturated carbocycles. The number of aromatic hydroxyl groups is 4. The van der Waals surface area contributed by atoms with Crippen LogP contribution in [0, 0.1) is 0 Å². The van der Waals surface area contributed by atoms with Crippen LogP contribution in [0.2, 0.25) is 0 Å². The van der Waals surface area contributed by atoms with Crippen molar-refractivity contribution in [2.45, 2.75) is 74.8 Å². The van der Waals surface area contributed by atoms with Gasteiger partial charge in [0.05, 0.1) is 19.3 Å². The van der Waals surface area contributed by atoms with E-state index in [1.54, 1.807) is 6.07 Å². The molecule has 242 valence electrons. The molecule has 0 amide bonds. The molecule has 4 rings (SSSR count). The Balaban J connectivity index is 1.45. The van der Waals surface area contributed by atoms with E-state index in [-0.39, 0.29) is 30.3 Å². The number of rotatable bonds is 10. The maximum atomic E-state index is 12.6. The molecule has 2 heterocycles. The molecule has 9 N–H and O–H groups in total. The van der Waals surface area contributed by atoms with Gasteiger partial charge in [-0.3, -0.25) is 0 Å². The highest BCUT2D eigenvalue weighted by Gasteiger charge is 2.49. The second-order valence-corrected chi connectivity index (χ2v) is 10.5. The molecule has 0 aromatic heterocycles. The predicted octanol–water partition coefficient (Wildman–Crippen LogP) is -1.02. The Morgan fingerprint density at radius 3 is 2.14 bits per heavy atom. The molecular weight excluding hydrogens is 588 g/mol. The molecular formula is C29H36O15. The molecule has 10 unspecified atom stereocenters. The summed E-state index contributed by atoms with van der Waals surface area (Å²) in [5.74, 6) is -2.38. The molecule has 0 spiro atoms. The topological polar surface area (TPSA) is 245 Å². The highest BCUT2D eigenvalue weighted by atomic mass is 16.7. The molecule has 0 radical (unpaired) electrons. The van der Waals surface area contributed by atoms with Crippen molar-refractivity contribution in [2.24, 2.45) is 0 Å². The van der Waals surface area contributed by atoms with Crippen molar-refractivity contribution in [1.29, 1.82) is 0 Å². The Bertz CT molecular complexity index is 1300. The zero-order chi connectivity index (χ0) is 32.1. The second-order valence-electron chi connectivity index (χ2n) is 10.5. The van der Waals surface area contributed by atoms with Crippen LogP contribution in [0.25, 0.3) is 6.08 Å². The van der Waals surface area contributed by atoms with E-state index in [2.05, 4.69) is 0 Å². The molecule has 0 aliphatic carbocycles. The zero-order valence-corrected chi connectivity index (χ0v) is 23.5. The van der Waals surface area contributed by atoms with Gasteiger partial charge in [-0.05, 0) is 54.8 Å². The third-order valence-electron chi connectivity index (χ3n) is 7.25. The molecule has 15 heteroatoms. The fraction of sp³-hybridized carbons (Fsp3) is 0.483. The summed E-state index contributed by atoms with van der Waals surface area (Å²) in [6.07, 6.45) is -12.1. The van der Waals surface area contributed by atoms with Gasteiger partial charge in [0.1, 0.15) is 36.6 Å². The average Bonchev–Trinajstić information content (AvgIpc) is 2.99. The fourth-order valence-corrected chi connectivity index (χ4v) is 4.64. The third kappa shape index (κ3) is 7.95. The maximum Gasteiger partial charge on any atom is 0.331 e. The largest absolute Gasteiger partial charge is 0.504 e. The number of aliphatic hydroxyl groups excluding tert-OH is 5. The number of hydrogen-bond donors (Lipinski definition) is 9. The van der Waals surface area contributed by atoms with Gasteiger partial charge in [0.15, 0.2) is 41.7 Å². The first-order chi connectivity index (χ1) is 20.8. The number of esters is 1. The summed E-state index contributed by atoms with van der Waals surface area (Å²) in [6.45, 7) is 0.890. The van der Waals surface area contributed by atoms with E-state index in [1.807, 2.05) is 0 Å². The first kappa shape index (κ1) is 33.4. The van der Waals surface area contributed by atoms with Crippen LogP contribution in [0.5, 0.6) is 23.0 Å². The molecule has 2 aliphatic heterocycles. The smallest absolute Gasteiger partial charge is 0.331 e. The van der Waals surface area contributed by atoms with Crippen LogP contribution in [0.15, 0.2) is 42.5 Å². The highest BCUT2D eigenvalue weighted by Crippen LogP contribution is 2.29. The van der Waals surface area contributed by atoms with E-state index < -0.39 is 79.7 Å². The van der Waals surface area contributed by atoms with Crippen molar-refractivity contribution in [3.05, 3.63) is 53.6 Å². The van der Waals surface area contributed by atoms with Crippen LogP contribution in [-0.4, -0.2) is 127 Å². The number of benzene rings is 2. The number of phenolic OH excluding ortho intramolecular Hbond substituents is 4. The van der Waals surface area contributed by atoms with E-state index in [0.717, 1.165) is 6.08 Å². The van der Waals surface area contributed by atoms with Crippen molar-refractivity contribution in [2.75, 3.05) is 13.2 Å².